The van der Waals surface area contributed by atoms with Crippen molar-refractivity contribution < 1.29 is 37.4 Å². The van der Waals surface area contributed by atoms with Crippen LogP contribution in [0, 0.1) is 12.1 Å². The third-order valence-electron chi connectivity index (χ3n) is 7.60. The van der Waals surface area contributed by atoms with Crippen molar-refractivity contribution in [2.45, 2.75) is 58.5 Å². The van der Waals surface area contributed by atoms with Crippen molar-refractivity contribution in [1.29, 1.82) is 0 Å². The van der Waals surface area contributed by atoms with Crippen molar-refractivity contribution in [3.8, 4) is 0 Å². The van der Waals surface area contributed by atoms with Gasteiger partial charge in [-0.15, -0.1) is 86.9 Å². The summed E-state index contributed by atoms with van der Waals surface area (Å²) in [5.74, 6) is 0. The van der Waals surface area contributed by atoms with Crippen LogP contribution in [-0.2, 0) is 41.2 Å². The van der Waals surface area contributed by atoms with Gasteiger partial charge in [0.2, 0.25) is 0 Å². The van der Waals surface area contributed by atoms with Gasteiger partial charge in [0, 0.05) is 0 Å². The van der Waals surface area contributed by atoms with Crippen LogP contribution >= 0.6 is 0 Å². The minimum absolute atomic E-state index is 0.203. The summed E-state index contributed by atoms with van der Waals surface area (Å²) in [5.41, 5.74) is 2.56. The maximum atomic E-state index is 11.8. The Labute approximate surface area is 299 Å². The fourth-order valence-corrected chi connectivity index (χ4v) is 4.91. The smallest absolute Gasteiger partial charge is 0.0801 e. The Morgan fingerprint density at radius 1 is 0.604 bits per heavy atom. The Morgan fingerprint density at radius 2 is 1.12 bits per heavy atom. The number of hydrogen-bond acceptors (Lipinski definition) is 0. The third kappa shape index (κ3) is 11.4. The van der Waals surface area contributed by atoms with Crippen molar-refractivity contribution in [2.24, 2.45) is 0 Å². The van der Waals surface area contributed by atoms with E-state index >= 15 is 0 Å². The molecule has 0 spiro atoms. The molecule has 0 aliphatic rings. The van der Waals surface area contributed by atoms with Gasteiger partial charge in [-0.25, -0.2) is 12.1 Å². The molecule has 0 fully saturated rings. The van der Waals surface area contributed by atoms with E-state index in [1.165, 1.54) is 79.8 Å². The Morgan fingerprint density at radius 3 is 1.54 bits per heavy atom. The van der Waals surface area contributed by atoms with Gasteiger partial charge >= 0.3 is 34.6 Å². The van der Waals surface area contributed by atoms with E-state index in [1.54, 1.807) is 0 Å². The van der Waals surface area contributed by atoms with Crippen LogP contribution < -0.4 is 0 Å². The number of alkyl halides is 3. The first kappa shape index (κ1) is 38.6. The van der Waals surface area contributed by atoms with Gasteiger partial charge in [-0.3, -0.25) is 0 Å². The summed E-state index contributed by atoms with van der Waals surface area (Å²) >= 11 is 1.30. The topological polar surface area (TPSA) is 0 Å². The normalized spacial score (nSPS) is 11.2. The minimum atomic E-state index is -4.24. The Hall–Kier alpha value is -3.88. The maximum absolute atomic E-state index is 11.8. The van der Waals surface area contributed by atoms with Crippen LogP contribution in [0.25, 0.3) is 32.3 Å². The molecule has 0 atom stereocenters. The van der Waals surface area contributed by atoms with E-state index in [9.17, 15) is 13.2 Å². The number of rotatable bonds is 0. The van der Waals surface area contributed by atoms with E-state index in [1.807, 2.05) is 54.6 Å². The number of fused-ring (bicyclic) bond motifs is 4. The molecule has 0 unspecified atom stereocenters. The fraction of sp³-hybridized carbons (Fsp3) is 0.205. The molecule has 7 rings (SSSR count). The molecule has 7 aromatic rings. The Kier molecular flexibility index (Phi) is 14.1. The van der Waals surface area contributed by atoms with E-state index in [0.717, 1.165) is 12.1 Å². The molecule has 0 nitrogen and oxygen atoms in total. The van der Waals surface area contributed by atoms with Gasteiger partial charge in [-0.1, -0.05) is 94.6 Å². The molecule has 0 aliphatic heterocycles. The van der Waals surface area contributed by atoms with E-state index in [4.69, 9.17) is 0 Å². The molecule has 0 radical (unpaired) electrons. The summed E-state index contributed by atoms with van der Waals surface area (Å²) in [5, 5.41) is 7.92. The van der Waals surface area contributed by atoms with E-state index < -0.39 is 11.7 Å². The molecule has 7 aromatic carbocycles. The van der Waals surface area contributed by atoms with Gasteiger partial charge in [0.05, 0.1) is 0 Å². The molecule has 0 aliphatic carbocycles. The molecule has 248 valence electrons. The first-order valence-corrected chi connectivity index (χ1v) is 17.5. The van der Waals surface area contributed by atoms with Gasteiger partial charge in [0.1, 0.15) is 0 Å². The summed E-state index contributed by atoms with van der Waals surface area (Å²) in [6.45, 7) is 13.6. The standard InChI is InChI=1S/C21H25.C10H7.C7H4F3.C5H5.CH2.Zr/c1-20(2,3)16-7-9-18-14(12-16)11-15-13-17(21(4,5)6)8-10-19(15)18;1-2-6-10-8-4-3-7-9(10)5-1;8-7(9,10)6-4-2-1-3-5-6;1-2-4-5-3-1;;/h7-13H,1-6H3;1-7H;1-2,4-5H;1-5H;1H2;/q4*-1;;. The van der Waals surface area contributed by atoms with E-state index in [0.29, 0.717) is 0 Å². The molecule has 0 saturated carbocycles. The van der Waals surface area contributed by atoms with Crippen LogP contribution in [0.3, 0.4) is 0 Å². The SMILES string of the molecule is CC(C)(C)c1ccc2c(c1)[cH-]c1cc(C(C)(C)C)ccc12.FC(F)(F)c1c[c-]ccc1.[CH2]=[Zr].[c-]1cccc2ccccc12.c1cc[cH-]c1. The summed E-state index contributed by atoms with van der Waals surface area (Å²) < 4.78 is 38.6. The predicted octanol–water partition coefficient (Wildman–Crippen LogP) is 12.8. The van der Waals surface area contributed by atoms with Crippen molar-refractivity contribution in [1.82, 2.24) is 0 Å². The molecule has 0 N–H and O–H groups in total. The number of hydrogen-bond donors (Lipinski definition) is 0. The van der Waals surface area contributed by atoms with Crippen LogP contribution in [-0.4, -0.2) is 4.21 Å². The minimum Gasteiger partial charge on any atom is -0.214 e. The summed E-state index contributed by atoms with van der Waals surface area (Å²) in [6, 6.07) is 50.6. The van der Waals surface area contributed by atoms with Crippen LogP contribution in [0.2, 0.25) is 0 Å². The molecule has 0 amide bonds. The number of benzene rings is 5. The zero-order valence-electron chi connectivity index (χ0n) is 28.6. The first-order chi connectivity index (χ1) is 22.7. The monoisotopic (exact) mass is 718 g/mol. The van der Waals surface area contributed by atoms with Gasteiger partial charge in [-0.05, 0) is 10.8 Å². The van der Waals surface area contributed by atoms with Crippen molar-refractivity contribution in [3.05, 3.63) is 168 Å². The summed E-state index contributed by atoms with van der Waals surface area (Å²) in [6.07, 6.45) is -4.24. The zero-order valence-corrected chi connectivity index (χ0v) is 31.1. The second-order valence-electron chi connectivity index (χ2n) is 13.3. The third-order valence-corrected chi connectivity index (χ3v) is 7.60. The molecule has 4 heteroatoms. The first-order valence-electron chi connectivity index (χ1n) is 15.8. The van der Waals surface area contributed by atoms with Gasteiger partial charge in [-0.2, -0.15) is 61.7 Å². The van der Waals surface area contributed by atoms with Gasteiger partial charge in [0.15, 0.2) is 0 Å². The van der Waals surface area contributed by atoms with Crippen molar-refractivity contribution >= 4 is 36.5 Å². The van der Waals surface area contributed by atoms with Crippen molar-refractivity contribution in [2.75, 3.05) is 0 Å². The molecule has 0 heterocycles. The molecule has 0 bridgehead atoms. The quantitative estimate of drug-likeness (QED) is 0.137. The van der Waals surface area contributed by atoms with Crippen LogP contribution in [0.4, 0.5) is 13.2 Å². The second kappa shape index (κ2) is 17.5. The fourth-order valence-electron chi connectivity index (χ4n) is 4.91. The van der Waals surface area contributed by atoms with Gasteiger partial charge in [0.25, 0.3) is 0 Å². The maximum Gasteiger partial charge on any atom is -0.0801 e. The number of halogens is 3. The second-order valence-corrected chi connectivity index (χ2v) is 13.3. The van der Waals surface area contributed by atoms with Crippen LogP contribution in [0.1, 0.15) is 58.2 Å². The molecular formula is C44H43F3Zr-4. The summed E-state index contributed by atoms with van der Waals surface area (Å²) in [7, 11) is 0. The molecule has 0 saturated heterocycles. The van der Waals surface area contributed by atoms with Crippen LogP contribution in [0.5, 0.6) is 0 Å². The zero-order chi connectivity index (χ0) is 35.4. The average molecular weight is 720 g/mol. The molecular weight excluding hydrogens is 677 g/mol. The Balaban J connectivity index is 0.000000193. The predicted molar refractivity (Wildman–Crippen MR) is 197 cm³/mol. The summed E-state index contributed by atoms with van der Waals surface area (Å²) in [4.78, 5) is 0. The van der Waals surface area contributed by atoms with Gasteiger partial charge < -0.3 is 0 Å². The Bertz CT molecular complexity index is 1800. The largest absolute Gasteiger partial charge is 0.214 e. The molecule has 0 aromatic heterocycles. The van der Waals surface area contributed by atoms with E-state index in [2.05, 4.69) is 119 Å². The molecule has 48 heavy (non-hydrogen) atoms. The van der Waals surface area contributed by atoms with Crippen LogP contribution in [0.15, 0.2) is 140 Å². The van der Waals surface area contributed by atoms with Crippen molar-refractivity contribution in [3.63, 3.8) is 0 Å². The van der Waals surface area contributed by atoms with E-state index in [-0.39, 0.29) is 10.8 Å². The average Bonchev–Trinajstić information content (AvgIpc) is 3.77.